The SMILES string of the molecule is CN=C(NCCc1ccc(Cl)nc1)NCC1CN2CCN1CC2. The molecule has 0 aromatic carbocycles. The predicted octanol–water partition coefficient (Wildman–Crippen LogP) is 0.442. The number of rotatable bonds is 5. The highest BCUT2D eigenvalue weighted by atomic mass is 35.5. The van der Waals surface area contributed by atoms with Crippen LogP contribution >= 0.6 is 11.6 Å². The van der Waals surface area contributed by atoms with E-state index in [0.29, 0.717) is 11.2 Å². The lowest BCUT2D eigenvalue weighted by molar-refractivity contribution is 0.0154. The van der Waals surface area contributed by atoms with Crippen LogP contribution in [0, 0.1) is 0 Å². The maximum absolute atomic E-state index is 5.80. The average molecular weight is 337 g/mol. The number of nitrogens with zero attached hydrogens (tertiary/aromatic N) is 4. The van der Waals surface area contributed by atoms with Crippen molar-refractivity contribution >= 4 is 17.6 Å². The fraction of sp³-hybridized carbons (Fsp3) is 0.625. The van der Waals surface area contributed by atoms with Gasteiger partial charge in [0.2, 0.25) is 0 Å². The summed E-state index contributed by atoms with van der Waals surface area (Å²) >= 11 is 5.80. The monoisotopic (exact) mass is 336 g/mol. The van der Waals surface area contributed by atoms with Crippen molar-refractivity contribution in [2.24, 2.45) is 4.99 Å². The summed E-state index contributed by atoms with van der Waals surface area (Å²) in [5.41, 5.74) is 1.17. The first-order valence-electron chi connectivity index (χ1n) is 8.26. The zero-order chi connectivity index (χ0) is 16.1. The molecule has 1 atom stereocenters. The molecule has 126 valence electrons. The summed E-state index contributed by atoms with van der Waals surface area (Å²) < 4.78 is 0. The van der Waals surface area contributed by atoms with E-state index in [1.807, 2.05) is 25.4 Å². The fourth-order valence-electron chi connectivity index (χ4n) is 3.23. The number of aromatic nitrogens is 1. The van der Waals surface area contributed by atoms with Crippen LogP contribution in [-0.2, 0) is 6.42 Å². The first-order valence-corrected chi connectivity index (χ1v) is 8.64. The van der Waals surface area contributed by atoms with Crippen LogP contribution in [0.1, 0.15) is 5.56 Å². The molecule has 0 saturated carbocycles. The van der Waals surface area contributed by atoms with Crippen LogP contribution in [0.4, 0.5) is 0 Å². The van der Waals surface area contributed by atoms with E-state index in [9.17, 15) is 0 Å². The summed E-state index contributed by atoms with van der Waals surface area (Å²) in [7, 11) is 1.82. The summed E-state index contributed by atoms with van der Waals surface area (Å²) in [5.74, 6) is 0.865. The molecule has 3 fully saturated rings. The van der Waals surface area contributed by atoms with Gasteiger partial charge in [0.25, 0.3) is 0 Å². The first kappa shape index (κ1) is 16.5. The fourth-order valence-corrected chi connectivity index (χ4v) is 3.34. The average Bonchev–Trinajstić information content (AvgIpc) is 2.60. The zero-order valence-corrected chi connectivity index (χ0v) is 14.4. The molecule has 0 radical (unpaired) electrons. The Hall–Kier alpha value is -1.37. The van der Waals surface area contributed by atoms with Gasteiger partial charge in [-0.15, -0.1) is 0 Å². The van der Waals surface area contributed by atoms with Gasteiger partial charge in [0.15, 0.2) is 5.96 Å². The van der Waals surface area contributed by atoms with E-state index in [4.69, 9.17) is 11.6 Å². The Morgan fingerprint density at radius 1 is 1.30 bits per heavy atom. The van der Waals surface area contributed by atoms with Crippen molar-refractivity contribution in [3.8, 4) is 0 Å². The highest BCUT2D eigenvalue weighted by molar-refractivity contribution is 6.29. The molecule has 0 amide bonds. The second-order valence-electron chi connectivity index (χ2n) is 6.11. The molecule has 4 heterocycles. The molecule has 1 aromatic rings. The summed E-state index contributed by atoms with van der Waals surface area (Å²) in [4.78, 5) is 13.5. The third kappa shape index (κ3) is 4.56. The molecule has 6 nitrogen and oxygen atoms in total. The second kappa shape index (κ2) is 7.95. The van der Waals surface area contributed by atoms with Gasteiger partial charge in [0, 0.05) is 65.1 Å². The molecule has 1 unspecified atom stereocenters. The topological polar surface area (TPSA) is 55.8 Å². The van der Waals surface area contributed by atoms with Crippen LogP contribution < -0.4 is 10.6 Å². The predicted molar refractivity (Wildman–Crippen MR) is 94.1 cm³/mol. The maximum atomic E-state index is 5.80. The number of halogens is 1. The van der Waals surface area contributed by atoms with Gasteiger partial charge in [-0.1, -0.05) is 17.7 Å². The smallest absolute Gasteiger partial charge is 0.191 e. The highest BCUT2D eigenvalue weighted by Crippen LogP contribution is 2.14. The van der Waals surface area contributed by atoms with E-state index in [2.05, 4.69) is 30.4 Å². The molecular formula is C16H25ClN6. The van der Waals surface area contributed by atoms with E-state index in [1.54, 1.807) is 0 Å². The van der Waals surface area contributed by atoms with Gasteiger partial charge in [0.1, 0.15) is 5.15 Å². The van der Waals surface area contributed by atoms with E-state index in [-0.39, 0.29) is 0 Å². The number of hydrogen-bond donors (Lipinski definition) is 2. The van der Waals surface area contributed by atoms with Gasteiger partial charge in [-0.25, -0.2) is 4.98 Å². The van der Waals surface area contributed by atoms with E-state index < -0.39 is 0 Å². The van der Waals surface area contributed by atoms with Crippen molar-refractivity contribution in [1.29, 1.82) is 0 Å². The van der Waals surface area contributed by atoms with Crippen LogP contribution in [0.5, 0.6) is 0 Å². The van der Waals surface area contributed by atoms with E-state index in [0.717, 1.165) is 25.5 Å². The lowest BCUT2D eigenvalue weighted by Gasteiger charge is -2.47. The third-order valence-corrected chi connectivity index (χ3v) is 4.84. The molecule has 3 saturated heterocycles. The van der Waals surface area contributed by atoms with Crippen molar-refractivity contribution in [2.45, 2.75) is 12.5 Å². The lowest BCUT2D eigenvalue weighted by atomic mass is 10.1. The van der Waals surface area contributed by atoms with Crippen LogP contribution in [-0.4, -0.2) is 79.6 Å². The molecule has 0 aliphatic carbocycles. The van der Waals surface area contributed by atoms with Crippen LogP contribution in [0.15, 0.2) is 23.3 Å². The Bertz CT molecular complexity index is 524. The van der Waals surface area contributed by atoms with Crippen molar-refractivity contribution in [1.82, 2.24) is 25.4 Å². The largest absolute Gasteiger partial charge is 0.356 e. The van der Waals surface area contributed by atoms with Crippen molar-refractivity contribution in [3.63, 3.8) is 0 Å². The minimum absolute atomic E-state index is 0.534. The standard InChI is InChI=1S/C16H25ClN6/c1-18-16(19-5-4-13-2-3-15(17)20-10-13)21-11-14-12-22-6-8-23(14)9-7-22/h2-3,10,14H,4-9,11-12H2,1H3,(H2,18,19,21). The van der Waals surface area contributed by atoms with Gasteiger partial charge in [0.05, 0.1) is 0 Å². The molecule has 4 rings (SSSR count). The number of pyridine rings is 1. The second-order valence-corrected chi connectivity index (χ2v) is 6.50. The first-order chi connectivity index (χ1) is 11.2. The summed E-state index contributed by atoms with van der Waals surface area (Å²) in [5, 5.41) is 7.35. The molecule has 3 aliphatic heterocycles. The molecule has 2 N–H and O–H groups in total. The van der Waals surface area contributed by atoms with Gasteiger partial charge in [-0.3, -0.25) is 14.8 Å². The third-order valence-electron chi connectivity index (χ3n) is 4.62. The Balaban J connectivity index is 1.39. The number of nitrogens with one attached hydrogen (secondary N) is 2. The summed E-state index contributed by atoms with van der Waals surface area (Å²) in [6.07, 6.45) is 2.72. The van der Waals surface area contributed by atoms with Gasteiger partial charge >= 0.3 is 0 Å². The van der Waals surface area contributed by atoms with Crippen molar-refractivity contribution in [3.05, 3.63) is 29.0 Å². The Morgan fingerprint density at radius 2 is 2.13 bits per heavy atom. The molecule has 0 spiro atoms. The molecule has 23 heavy (non-hydrogen) atoms. The zero-order valence-electron chi connectivity index (χ0n) is 13.6. The number of guanidine groups is 1. The number of aliphatic imine (C=N–C) groups is 1. The molecule has 3 aliphatic rings. The maximum Gasteiger partial charge on any atom is 0.191 e. The molecule has 1 aromatic heterocycles. The quantitative estimate of drug-likeness (QED) is 0.464. The van der Waals surface area contributed by atoms with E-state index >= 15 is 0 Å². The molecule has 2 bridgehead atoms. The lowest BCUT2D eigenvalue weighted by Crippen LogP contribution is -2.63. The van der Waals surface area contributed by atoms with Crippen molar-refractivity contribution < 1.29 is 0 Å². The molecule has 7 heteroatoms. The summed E-state index contributed by atoms with van der Waals surface area (Å²) in [6, 6.07) is 4.43. The Morgan fingerprint density at radius 3 is 2.74 bits per heavy atom. The number of fused-ring (bicyclic) bond motifs is 3. The Kier molecular flexibility index (Phi) is 5.70. The summed E-state index contributed by atoms with van der Waals surface area (Å²) in [6.45, 7) is 7.77. The van der Waals surface area contributed by atoms with Crippen LogP contribution in [0.2, 0.25) is 5.15 Å². The molecular weight excluding hydrogens is 312 g/mol. The highest BCUT2D eigenvalue weighted by Gasteiger charge is 2.31. The van der Waals surface area contributed by atoms with Gasteiger partial charge in [-0.2, -0.15) is 0 Å². The van der Waals surface area contributed by atoms with Gasteiger partial charge < -0.3 is 10.6 Å². The number of piperazine rings is 3. The van der Waals surface area contributed by atoms with Crippen LogP contribution in [0.25, 0.3) is 0 Å². The van der Waals surface area contributed by atoms with Crippen LogP contribution in [0.3, 0.4) is 0 Å². The minimum Gasteiger partial charge on any atom is -0.356 e. The minimum atomic E-state index is 0.534. The van der Waals surface area contributed by atoms with Crippen molar-refractivity contribution in [2.75, 3.05) is 52.9 Å². The van der Waals surface area contributed by atoms with E-state index in [1.165, 1.54) is 38.3 Å². The Labute approximate surface area is 142 Å². The normalized spacial score (nSPS) is 27.0. The number of hydrogen-bond acceptors (Lipinski definition) is 4. The van der Waals surface area contributed by atoms with Gasteiger partial charge in [-0.05, 0) is 18.1 Å².